The maximum absolute atomic E-state index is 12.6. The molecular formula is C21H17BrN2O5. The predicted molar refractivity (Wildman–Crippen MR) is 110 cm³/mol. The molecule has 148 valence electrons. The number of carbonyl (C=O) groups excluding carboxylic acids is 3. The van der Waals surface area contributed by atoms with Gasteiger partial charge in [-0.2, -0.15) is 0 Å². The molecule has 1 heterocycles. The van der Waals surface area contributed by atoms with Gasteiger partial charge in [-0.25, -0.2) is 0 Å². The molecule has 29 heavy (non-hydrogen) atoms. The highest BCUT2D eigenvalue weighted by molar-refractivity contribution is 9.10. The van der Waals surface area contributed by atoms with Crippen LogP contribution in [-0.4, -0.2) is 17.8 Å². The van der Waals surface area contributed by atoms with E-state index in [0.717, 1.165) is 5.56 Å². The van der Waals surface area contributed by atoms with Crippen molar-refractivity contribution in [3.8, 4) is 5.75 Å². The number of rotatable bonds is 6. The number of hydrogen-bond donors (Lipinski definition) is 2. The van der Waals surface area contributed by atoms with E-state index in [1.165, 1.54) is 13.0 Å². The molecule has 3 rings (SSSR count). The lowest BCUT2D eigenvalue weighted by molar-refractivity contribution is -0.131. The summed E-state index contributed by atoms with van der Waals surface area (Å²) in [5, 5.41) is 5.56. The summed E-state index contributed by atoms with van der Waals surface area (Å²) in [6, 6.07) is 16.6. The molecule has 0 atom stereocenters. The first-order valence-corrected chi connectivity index (χ1v) is 9.43. The lowest BCUT2D eigenvalue weighted by Gasteiger charge is -2.12. The fourth-order valence-corrected chi connectivity index (χ4v) is 2.86. The second kappa shape index (κ2) is 9.20. The van der Waals surface area contributed by atoms with Crippen molar-refractivity contribution in [1.82, 2.24) is 5.32 Å². The number of hydrogen-bond acceptors (Lipinski definition) is 5. The third-order valence-electron chi connectivity index (χ3n) is 3.86. The molecule has 0 aliphatic carbocycles. The number of para-hydroxylation sites is 1. The van der Waals surface area contributed by atoms with Gasteiger partial charge in [-0.3, -0.25) is 14.4 Å². The fourth-order valence-electron chi connectivity index (χ4n) is 2.56. The minimum Gasteiger partial charge on any atom is -0.444 e. The van der Waals surface area contributed by atoms with Crippen LogP contribution in [0.5, 0.6) is 5.75 Å². The van der Waals surface area contributed by atoms with E-state index in [9.17, 15) is 14.4 Å². The number of ether oxygens (including phenoxy) is 1. The van der Waals surface area contributed by atoms with Crippen LogP contribution in [-0.2, 0) is 11.3 Å². The Balaban J connectivity index is 1.69. The zero-order valence-corrected chi connectivity index (χ0v) is 17.0. The number of carbonyl (C=O) groups is 3. The highest BCUT2D eigenvalue weighted by atomic mass is 79.9. The Kier molecular flexibility index (Phi) is 6.46. The van der Waals surface area contributed by atoms with Gasteiger partial charge in [-0.1, -0.05) is 24.3 Å². The van der Waals surface area contributed by atoms with E-state index in [2.05, 4.69) is 26.6 Å². The third-order valence-corrected chi connectivity index (χ3v) is 4.29. The molecule has 2 amide bonds. The van der Waals surface area contributed by atoms with Gasteiger partial charge in [-0.05, 0) is 57.9 Å². The van der Waals surface area contributed by atoms with E-state index < -0.39 is 5.97 Å². The number of halogens is 1. The quantitative estimate of drug-likeness (QED) is 0.428. The Hall–Kier alpha value is -3.39. The summed E-state index contributed by atoms with van der Waals surface area (Å²) in [4.78, 5) is 35.9. The molecule has 0 saturated carbocycles. The second-order valence-corrected chi connectivity index (χ2v) is 6.80. The molecular weight excluding hydrogens is 440 g/mol. The number of nitrogens with one attached hydrogen (secondary N) is 2. The highest BCUT2D eigenvalue weighted by Crippen LogP contribution is 2.19. The minimum atomic E-state index is -0.466. The number of furan rings is 1. The van der Waals surface area contributed by atoms with Crippen molar-refractivity contribution >= 4 is 39.4 Å². The van der Waals surface area contributed by atoms with Gasteiger partial charge in [0.15, 0.2) is 10.4 Å². The van der Waals surface area contributed by atoms with Crippen LogP contribution in [0.15, 0.2) is 69.8 Å². The van der Waals surface area contributed by atoms with Crippen LogP contribution < -0.4 is 15.4 Å². The molecule has 0 bridgehead atoms. The average Bonchev–Trinajstić information content (AvgIpc) is 3.13. The Morgan fingerprint density at radius 3 is 2.52 bits per heavy atom. The Morgan fingerprint density at radius 1 is 1.00 bits per heavy atom. The summed E-state index contributed by atoms with van der Waals surface area (Å²) in [5.74, 6) is -0.734. The zero-order chi connectivity index (χ0) is 20.8. The molecule has 8 heteroatoms. The van der Waals surface area contributed by atoms with Gasteiger partial charge in [-0.15, -0.1) is 0 Å². The number of amides is 2. The Labute approximate surface area is 175 Å². The smallest absolute Gasteiger partial charge is 0.308 e. The summed E-state index contributed by atoms with van der Waals surface area (Å²) in [7, 11) is 0. The van der Waals surface area contributed by atoms with Gasteiger partial charge in [0.05, 0.1) is 0 Å². The monoisotopic (exact) mass is 456 g/mol. The highest BCUT2D eigenvalue weighted by Gasteiger charge is 2.13. The molecule has 0 unspecified atom stereocenters. The number of benzene rings is 2. The molecule has 1 aromatic heterocycles. The van der Waals surface area contributed by atoms with Crippen LogP contribution in [0.25, 0.3) is 0 Å². The van der Waals surface area contributed by atoms with Crippen molar-refractivity contribution in [2.45, 2.75) is 13.5 Å². The number of anilines is 1. The summed E-state index contributed by atoms with van der Waals surface area (Å²) in [5.41, 5.74) is 1.61. The normalized spacial score (nSPS) is 10.3. The third kappa shape index (κ3) is 5.55. The van der Waals surface area contributed by atoms with Crippen molar-refractivity contribution < 1.29 is 23.5 Å². The van der Waals surface area contributed by atoms with Crippen molar-refractivity contribution in [2.24, 2.45) is 0 Å². The van der Waals surface area contributed by atoms with Gasteiger partial charge < -0.3 is 19.8 Å². The van der Waals surface area contributed by atoms with Crippen molar-refractivity contribution in [3.63, 3.8) is 0 Å². The topological polar surface area (TPSA) is 97.6 Å². The van der Waals surface area contributed by atoms with Crippen LogP contribution in [0, 0.1) is 0 Å². The van der Waals surface area contributed by atoms with Gasteiger partial charge in [0.2, 0.25) is 0 Å². The summed E-state index contributed by atoms with van der Waals surface area (Å²) >= 11 is 3.15. The predicted octanol–water partition coefficient (Wildman–Crippen LogP) is 4.15. The van der Waals surface area contributed by atoms with E-state index in [-0.39, 0.29) is 29.9 Å². The maximum Gasteiger partial charge on any atom is 0.308 e. The van der Waals surface area contributed by atoms with Crippen LogP contribution in [0.3, 0.4) is 0 Å². The number of esters is 1. The summed E-state index contributed by atoms with van der Waals surface area (Å²) < 4.78 is 10.7. The van der Waals surface area contributed by atoms with Gasteiger partial charge in [0.25, 0.3) is 11.8 Å². The van der Waals surface area contributed by atoms with Gasteiger partial charge >= 0.3 is 5.97 Å². The lowest BCUT2D eigenvalue weighted by Crippen LogP contribution is -2.23. The summed E-state index contributed by atoms with van der Waals surface area (Å²) in [6.07, 6.45) is 0. The molecule has 7 nitrogen and oxygen atoms in total. The lowest BCUT2D eigenvalue weighted by atomic mass is 10.1. The molecule has 2 aromatic carbocycles. The van der Waals surface area contributed by atoms with Crippen LogP contribution in [0.2, 0.25) is 0 Å². The zero-order valence-electron chi connectivity index (χ0n) is 15.4. The minimum absolute atomic E-state index is 0.181. The van der Waals surface area contributed by atoms with E-state index in [4.69, 9.17) is 9.15 Å². The first kappa shape index (κ1) is 20.3. The molecule has 3 aromatic rings. The average molecular weight is 457 g/mol. The molecule has 0 radical (unpaired) electrons. The summed E-state index contributed by atoms with van der Waals surface area (Å²) in [6.45, 7) is 1.49. The van der Waals surface area contributed by atoms with Crippen LogP contribution in [0.4, 0.5) is 5.69 Å². The molecule has 2 N–H and O–H groups in total. The van der Waals surface area contributed by atoms with Crippen LogP contribution in [0.1, 0.15) is 33.4 Å². The Morgan fingerprint density at radius 2 is 1.79 bits per heavy atom. The first-order valence-electron chi connectivity index (χ1n) is 8.63. The molecule has 0 fully saturated rings. The molecule has 0 aliphatic heterocycles. The van der Waals surface area contributed by atoms with E-state index >= 15 is 0 Å². The SMILES string of the molecule is CC(=O)Oc1cccc(C(=O)Nc2ccccc2CNC(=O)c2ccc(Br)o2)c1. The van der Waals surface area contributed by atoms with Gasteiger partial charge in [0, 0.05) is 24.7 Å². The van der Waals surface area contributed by atoms with Crippen LogP contribution >= 0.6 is 15.9 Å². The van der Waals surface area contributed by atoms with E-state index in [0.29, 0.717) is 15.9 Å². The first-order chi connectivity index (χ1) is 13.9. The van der Waals surface area contributed by atoms with Crippen molar-refractivity contribution in [2.75, 3.05) is 5.32 Å². The second-order valence-electron chi connectivity index (χ2n) is 6.02. The largest absolute Gasteiger partial charge is 0.444 e. The maximum atomic E-state index is 12.6. The fraction of sp³-hybridized carbons (Fsp3) is 0.0952. The molecule has 0 aliphatic rings. The van der Waals surface area contributed by atoms with Crippen molar-refractivity contribution in [1.29, 1.82) is 0 Å². The molecule has 0 saturated heterocycles. The Bertz CT molecular complexity index is 1060. The van der Waals surface area contributed by atoms with E-state index in [1.807, 2.05) is 6.07 Å². The standard InChI is InChI=1S/C21H17BrN2O5/c1-13(25)28-16-7-4-6-14(11-16)20(26)24-17-8-3-2-5-15(17)12-23-21(27)18-9-10-19(22)29-18/h2-11H,12H2,1H3,(H,23,27)(H,24,26). The van der Waals surface area contributed by atoms with E-state index in [1.54, 1.807) is 48.5 Å². The molecule has 0 spiro atoms. The van der Waals surface area contributed by atoms with Crippen molar-refractivity contribution in [3.05, 3.63) is 82.2 Å². The van der Waals surface area contributed by atoms with Gasteiger partial charge in [0.1, 0.15) is 5.75 Å².